The lowest BCUT2D eigenvalue weighted by Crippen LogP contribution is -2.50. The van der Waals surface area contributed by atoms with Crippen LogP contribution in [0.5, 0.6) is 0 Å². The molecule has 108 valence electrons. The zero-order chi connectivity index (χ0) is 13.9. The zero-order valence-corrected chi connectivity index (χ0v) is 11.2. The fourth-order valence-electron chi connectivity index (χ4n) is 2.87. The van der Waals surface area contributed by atoms with Crippen LogP contribution in [0.2, 0.25) is 0 Å². The summed E-state index contributed by atoms with van der Waals surface area (Å²) < 4.78 is 19.2. The van der Waals surface area contributed by atoms with Crippen LogP contribution in [0.25, 0.3) is 0 Å². The highest BCUT2D eigenvalue weighted by Crippen LogP contribution is 2.22. The minimum absolute atomic E-state index is 0.0156. The zero-order valence-electron chi connectivity index (χ0n) is 11.2. The molecule has 1 N–H and O–H groups in total. The van der Waals surface area contributed by atoms with Gasteiger partial charge in [0.1, 0.15) is 0 Å². The summed E-state index contributed by atoms with van der Waals surface area (Å²) in [5.41, 5.74) is 0.0230. The third-order valence-electron chi connectivity index (χ3n) is 3.97. The average Bonchev–Trinajstić information content (AvgIpc) is 2.92. The van der Waals surface area contributed by atoms with E-state index in [9.17, 15) is 9.18 Å². The number of morpholine rings is 1. The van der Waals surface area contributed by atoms with E-state index in [1.165, 1.54) is 25.1 Å². The Morgan fingerprint density at radius 1 is 1.60 bits per heavy atom. The summed E-state index contributed by atoms with van der Waals surface area (Å²) in [4.78, 5) is 17.9. The van der Waals surface area contributed by atoms with E-state index in [4.69, 9.17) is 4.74 Å². The predicted octanol–water partition coefficient (Wildman–Crippen LogP) is 0.814. The third kappa shape index (κ3) is 2.81. The number of nitrogens with zero attached hydrogens (tertiary/aromatic N) is 2. The largest absolute Gasteiger partial charge is 0.373 e. The van der Waals surface area contributed by atoms with Crippen molar-refractivity contribution >= 4 is 5.91 Å². The van der Waals surface area contributed by atoms with Crippen molar-refractivity contribution in [1.29, 1.82) is 0 Å². The lowest BCUT2D eigenvalue weighted by molar-refractivity contribution is -0.0462. The highest BCUT2D eigenvalue weighted by Gasteiger charge is 2.32. The Labute approximate surface area is 117 Å². The molecule has 2 saturated heterocycles. The Morgan fingerprint density at radius 2 is 2.50 bits per heavy atom. The van der Waals surface area contributed by atoms with E-state index < -0.39 is 11.7 Å². The SMILES string of the molecule is O=C(NCC1CN2CCCC2CO1)c1ccncc1F. The molecule has 2 aliphatic heterocycles. The van der Waals surface area contributed by atoms with Gasteiger partial charge < -0.3 is 10.1 Å². The van der Waals surface area contributed by atoms with Gasteiger partial charge in [-0.05, 0) is 25.5 Å². The molecular formula is C14H18FN3O2. The van der Waals surface area contributed by atoms with Crippen LogP contribution in [0.4, 0.5) is 4.39 Å². The van der Waals surface area contributed by atoms with E-state index in [1.807, 2.05) is 0 Å². The number of hydrogen-bond donors (Lipinski definition) is 1. The van der Waals surface area contributed by atoms with Crippen molar-refractivity contribution in [3.05, 3.63) is 29.8 Å². The van der Waals surface area contributed by atoms with Crippen molar-refractivity contribution in [1.82, 2.24) is 15.2 Å². The van der Waals surface area contributed by atoms with Gasteiger partial charge in [0.25, 0.3) is 5.91 Å². The molecule has 5 nitrogen and oxygen atoms in total. The summed E-state index contributed by atoms with van der Waals surface area (Å²) in [6.45, 7) is 3.08. The lowest BCUT2D eigenvalue weighted by atomic mass is 10.2. The van der Waals surface area contributed by atoms with Crippen LogP contribution in [0.1, 0.15) is 23.2 Å². The normalized spacial score (nSPS) is 26.2. The molecule has 0 aromatic carbocycles. The van der Waals surface area contributed by atoms with Gasteiger partial charge in [0, 0.05) is 25.3 Å². The molecule has 0 spiro atoms. The smallest absolute Gasteiger partial charge is 0.254 e. The van der Waals surface area contributed by atoms with Crippen molar-refractivity contribution in [3.63, 3.8) is 0 Å². The van der Waals surface area contributed by atoms with Crippen LogP contribution in [0.15, 0.2) is 18.5 Å². The molecule has 2 unspecified atom stereocenters. The Kier molecular flexibility index (Phi) is 3.93. The second-order valence-corrected chi connectivity index (χ2v) is 5.31. The summed E-state index contributed by atoms with van der Waals surface area (Å²) in [6, 6.07) is 1.92. The minimum Gasteiger partial charge on any atom is -0.373 e. The van der Waals surface area contributed by atoms with Crippen molar-refractivity contribution in [2.24, 2.45) is 0 Å². The van der Waals surface area contributed by atoms with Crippen molar-refractivity contribution in [2.45, 2.75) is 25.0 Å². The monoisotopic (exact) mass is 279 g/mol. The third-order valence-corrected chi connectivity index (χ3v) is 3.97. The number of carbonyl (C=O) groups excluding carboxylic acids is 1. The van der Waals surface area contributed by atoms with Gasteiger partial charge in [-0.3, -0.25) is 14.7 Å². The van der Waals surface area contributed by atoms with Gasteiger partial charge in [-0.2, -0.15) is 0 Å². The number of halogens is 1. The number of aromatic nitrogens is 1. The number of carbonyl (C=O) groups is 1. The summed E-state index contributed by atoms with van der Waals surface area (Å²) in [7, 11) is 0. The first-order chi connectivity index (χ1) is 9.74. The Morgan fingerprint density at radius 3 is 3.35 bits per heavy atom. The standard InChI is InChI=1S/C14H18FN3O2/c15-13-7-16-4-3-12(13)14(19)17-6-11-8-18-5-1-2-10(18)9-20-11/h3-4,7,10-11H,1-2,5-6,8-9H2,(H,17,19). The van der Waals surface area contributed by atoms with Crippen LogP contribution in [0, 0.1) is 5.82 Å². The van der Waals surface area contributed by atoms with Gasteiger partial charge in [0.15, 0.2) is 5.82 Å². The number of fused-ring (bicyclic) bond motifs is 1. The van der Waals surface area contributed by atoms with E-state index in [0.717, 1.165) is 25.9 Å². The summed E-state index contributed by atoms with van der Waals surface area (Å²) in [5.74, 6) is -1.02. The van der Waals surface area contributed by atoms with Crippen LogP contribution in [-0.2, 0) is 4.74 Å². The second kappa shape index (κ2) is 5.85. The number of pyridine rings is 1. The molecule has 0 saturated carbocycles. The maximum atomic E-state index is 13.4. The summed E-state index contributed by atoms with van der Waals surface area (Å²) in [6.07, 6.45) is 4.85. The van der Waals surface area contributed by atoms with E-state index in [2.05, 4.69) is 15.2 Å². The van der Waals surface area contributed by atoms with Crippen LogP contribution < -0.4 is 5.32 Å². The summed E-state index contributed by atoms with van der Waals surface area (Å²) in [5, 5.41) is 2.73. The first-order valence-corrected chi connectivity index (χ1v) is 6.97. The lowest BCUT2D eigenvalue weighted by Gasteiger charge is -2.35. The number of amides is 1. The molecule has 3 rings (SSSR count). The molecule has 2 atom stereocenters. The average molecular weight is 279 g/mol. The molecule has 0 radical (unpaired) electrons. The highest BCUT2D eigenvalue weighted by molar-refractivity contribution is 5.94. The molecule has 3 heterocycles. The Balaban J connectivity index is 1.52. The van der Waals surface area contributed by atoms with Crippen molar-refractivity contribution < 1.29 is 13.9 Å². The fourth-order valence-corrected chi connectivity index (χ4v) is 2.87. The van der Waals surface area contributed by atoms with Gasteiger partial charge in [-0.1, -0.05) is 0 Å². The molecule has 0 bridgehead atoms. The van der Waals surface area contributed by atoms with Crippen molar-refractivity contribution in [3.8, 4) is 0 Å². The molecule has 6 heteroatoms. The first-order valence-electron chi connectivity index (χ1n) is 6.97. The molecular weight excluding hydrogens is 261 g/mol. The predicted molar refractivity (Wildman–Crippen MR) is 70.9 cm³/mol. The van der Waals surface area contributed by atoms with Crippen LogP contribution in [0.3, 0.4) is 0 Å². The van der Waals surface area contributed by atoms with Gasteiger partial charge in [-0.15, -0.1) is 0 Å². The Hall–Kier alpha value is -1.53. The number of hydrogen-bond acceptors (Lipinski definition) is 4. The molecule has 0 aliphatic carbocycles. The van der Waals surface area contributed by atoms with E-state index >= 15 is 0 Å². The van der Waals surface area contributed by atoms with Crippen LogP contribution >= 0.6 is 0 Å². The van der Waals surface area contributed by atoms with Gasteiger partial charge in [0.05, 0.1) is 24.5 Å². The van der Waals surface area contributed by atoms with Gasteiger partial charge in [0.2, 0.25) is 0 Å². The minimum atomic E-state index is -0.603. The second-order valence-electron chi connectivity index (χ2n) is 5.31. The molecule has 2 aliphatic rings. The first kappa shape index (κ1) is 13.5. The molecule has 20 heavy (non-hydrogen) atoms. The molecule has 2 fully saturated rings. The van der Waals surface area contributed by atoms with Crippen molar-refractivity contribution in [2.75, 3.05) is 26.2 Å². The van der Waals surface area contributed by atoms with E-state index in [0.29, 0.717) is 12.6 Å². The maximum Gasteiger partial charge on any atom is 0.254 e. The van der Waals surface area contributed by atoms with E-state index in [1.54, 1.807) is 0 Å². The number of ether oxygens (including phenoxy) is 1. The van der Waals surface area contributed by atoms with E-state index in [-0.39, 0.29) is 11.7 Å². The quantitative estimate of drug-likeness (QED) is 0.890. The summed E-state index contributed by atoms with van der Waals surface area (Å²) >= 11 is 0. The maximum absolute atomic E-state index is 13.4. The number of nitrogens with one attached hydrogen (secondary N) is 1. The highest BCUT2D eigenvalue weighted by atomic mass is 19.1. The van der Waals surface area contributed by atoms with Gasteiger partial charge >= 0.3 is 0 Å². The molecule has 1 amide bonds. The Bertz CT molecular complexity index is 497. The number of rotatable bonds is 3. The fraction of sp³-hybridized carbons (Fsp3) is 0.571. The molecule has 1 aromatic heterocycles. The van der Waals surface area contributed by atoms with Crippen LogP contribution in [-0.4, -0.2) is 54.2 Å². The topological polar surface area (TPSA) is 54.5 Å². The molecule has 1 aromatic rings. The van der Waals surface area contributed by atoms with Gasteiger partial charge in [-0.25, -0.2) is 4.39 Å².